The first-order chi connectivity index (χ1) is 8.36. The quantitative estimate of drug-likeness (QED) is 0.630. The number of hydrogen-bond acceptors (Lipinski definition) is 1. The minimum absolute atomic E-state index is 0.0301. The number of alkyl halides is 3. The van der Waals surface area contributed by atoms with Crippen molar-refractivity contribution in [1.29, 1.82) is 0 Å². The smallest absolute Gasteiger partial charge is 0.370 e. The van der Waals surface area contributed by atoms with Crippen molar-refractivity contribution >= 4 is 5.96 Å². The zero-order valence-corrected chi connectivity index (χ0v) is 9.61. The SMILES string of the molecule is NC(N)=NC1CC(c2cccc(C(F)(F)F)c2)C1. The van der Waals surface area contributed by atoms with Crippen LogP contribution in [0.3, 0.4) is 0 Å². The Morgan fingerprint density at radius 1 is 1.22 bits per heavy atom. The number of nitrogens with zero attached hydrogens (tertiary/aromatic N) is 1. The fourth-order valence-electron chi connectivity index (χ4n) is 2.15. The summed E-state index contributed by atoms with van der Waals surface area (Å²) in [6, 6.07) is 5.47. The largest absolute Gasteiger partial charge is 0.416 e. The summed E-state index contributed by atoms with van der Waals surface area (Å²) < 4.78 is 37.6. The average molecular weight is 257 g/mol. The second-order valence-corrected chi connectivity index (χ2v) is 4.50. The fraction of sp³-hybridized carbons (Fsp3) is 0.417. The summed E-state index contributed by atoms with van der Waals surface area (Å²) in [6.07, 6.45) is -2.91. The summed E-state index contributed by atoms with van der Waals surface area (Å²) >= 11 is 0. The molecular formula is C12H14F3N3. The normalized spacial score (nSPS) is 23.3. The van der Waals surface area contributed by atoms with Crippen LogP contribution in [0.2, 0.25) is 0 Å². The van der Waals surface area contributed by atoms with Crippen molar-refractivity contribution in [2.24, 2.45) is 16.5 Å². The molecule has 0 radical (unpaired) electrons. The van der Waals surface area contributed by atoms with E-state index < -0.39 is 11.7 Å². The van der Waals surface area contributed by atoms with Crippen molar-refractivity contribution < 1.29 is 13.2 Å². The topological polar surface area (TPSA) is 64.4 Å². The summed E-state index contributed by atoms with van der Waals surface area (Å²) in [5.74, 6) is 0.142. The third-order valence-corrected chi connectivity index (χ3v) is 3.13. The number of halogens is 3. The second kappa shape index (κ2) is 4.51. The van der Waals surface area contributed by atoms with Gasteiger partial charge in [-0.3, -0.25) is 4.99 Å². The summed E-state index contributed by atoms with van der Waals surface area (Å²) in [5, 5.41) is 0. The minimum Gasteiger partial charge on any atom is -0.370 e. The summed E-state index contributed by atoms with van der Waals surface area (Å²) in [7, 11) is 0. The van der Waals surface area contributed by atoms with Crippen LogP contribution in [0.4, 0.5) is 13.2 Å². The molecule has 1 aliphatic carbocycles. The lowest BCUT2D eigenvalue weighted by Crippen LogP contribution is -2.31. The van der Waals surface area contributed by atoms with Crippen LogP contribution in [-0.4, -0.2) is 12.0 Å². The Hall–Kier alpha value is -1.72. The molecule has 2 rings (SSSR count). The van der Waals surface area contributed by atoms with E-state index in [9.17, 15) is 13.2 Å². The highest BCUT2D eigenvalue weighted by Gasteiger charge is 2.34. The van der Waals surface area contributed by atoms with Crippen molar-refractivity contribution in [2.45, 2.75) is 31.0 Å². The molecule has 1 aromatic carbocycles. The number of guanidine groups is 1. The van der Waals surface area contributed by atoms with E-state index in [1.807, 2.05) is 0 Å². The van der Waals surface area contributed by atoms with E-state index in [1.54, 1.807) is 6.07 Å². The van der Waals surface area contributed by atoms with Crippen molar-refractivity contribution in [2.75, 3.05) is 0 Å². The third-order valence-electron chi connectivity index (χ3n) is 3.13. The maximum Gasteiger partial charge on any atom is 0.416 e. The first-order valence-corrected chi connectivity index (χ1v) is 5.62. The summed E-state index contributed by atoms with van der Waals surface area (Å²) in [6.45, 7) is 0. The molecule has 0 saturated heterocycles. The molecule has 0 spiro atoms. The first kappa shape index (κ1) is 12.7. The van der Waals surface area contributed by atoms with Gasteiger partial charge in [-0.05, 0) is 30.4 Å². The summed E-state index contributed by atoms with van der Waals surface area (Å²) in [4.78, 5) is 3.98. The van der Waals surface area contributed by atoms with Gasteiger partial charge in [-0.25, -0.2) is 0 Å². The van der Waals surface area contributed by atoms with E-state index in [0.29, 0.717) is 18.4 Å². The molecule has 1 aromatic rings. The Bertz CT molecular complexity index is 458. The number of aliphatic imine (C=N–C) groups is 1. The van der Waals surface area contributed by atoms with Gasteiger partial charge in [0.1, 0.15) is 0 Å². The van der Waals surface area contributed by atoms with E-state index in [1.165, 1.54) is 12.1 Å². The van der Waals surface area contributed by atoms with Crippen LogP contribution in [0.1, 0.15) is 29.9 Å². The Balaban J connectivity index is 2.06. The number of rotatable bonds is 2. The van der Waals surface area contributed by atoms with Crippen LogP contribution >= 0.6 is 0 Å². The van der Waals surface area contributed by atoms with Crippen LogP contribution in [-0.2, 0) is 6.18 Å². The zero-order chi connectivity index (χ0) is 13.3. The second-order valence-electron chi connectivity index (χ2n) is 4.50. The molecule has 0 heterocycles. The lowest BCUT2D eigenvalue weighted by Gasteiger charge is -2.33. The van der Waals surface area contributed by atoms with Crippen molar-refractivity contribution in [3.8, 4) is 0 Å². The van der Waals surface area contributed by atoms with Gasteiger partial charge in [0.15, 0.2) is 5.96 Å². The molecule has 1 saturated carbocycles. The van der Waals surface area contributed by atoms with Gasteiger partial charge in [0.05, 0.1) is 11.6 Å². The Morgan fingerprint density at radius 2 is 1.89 bits per heavy atom. The van der Waals surface area contributed by atoms with Crippen molar-refractivity contribution in [1.82, 2.24) is 0 Å². The molecule has 0 atom stereocenters. The van der Waals surface area contributed by atoms with Crippen LogP contribution < -0.4 is 11.5 Å². The van der Waals surface area contributed by atoms with E-state index >= 15 is 0 Å². The van der Waals surface area contributed by atoms with Crippen LogP contribution in [0.15, 0.2) is 29.3 Å². The molecule has 98 valence electrons. The van der Waals surface area contributed by atoms with E-state index in [0.717, 1.165) is 6.07 Å². The minimum atomic E-state index is -4.29. The highest BCUT2D eigenvalue weighted by Crippen LogP contribution is 2.40. The van der Waals surface area contributed by atoms with Gasteiger partial charge in [-0.1, -0.05) is 18.2 Å². The van der Waals surface area contributed by atoms with Gasteiger partial charge in [-0.15, -0.1) is 0 Å². The van der Waals surface area contributed by atoms with Gasteiger partial charge in [0.2, 0.25) is 0 Å². The molecule has 0 bridgehead atoms. The number of hydrogen-bond donors (Lipinski definition) is 2. The van der Waals surface area contributed by atoms with E-state index in [-0.39, 0.29) is 17.9 Å². The van der Waals surface area contributed by atoms with Gasteiger partial charge in [0.25, 0.3) is 0 Å². The van der Waals surface area contributed by atoms with Crippen LogP contribution in [0.25, 0.3) is 0 Å². The molecule has 0 aromatic heterocycles. The molecule has 1 aliphatic rings. The standard InChI is InChI=1S/C12H14F3N3/c13-12(14,15)9-3-1-2-7(4-9)8-5-10(6-8)18-11(16)17/h1-4,8,10H,5-6H2,(H4,16,17,18). The monoisotopic (exact) mass is 257 g/mol. The molecular weight excluding hydrogens is 243 g/mol. The predicted octanol–water partition coefficient (Wildman–Crippen LogP) is 2.22. The van der Waals surface area contributed by atoms with Crippen molar-refractivity contribution in [3.63, 3.8) is 0 Å². The van der Waals surface area contributed by atoms with Gasteiger partial charge < -0.3 is 11.5 Å². The predicted molar refractivity (Wildman–Crippen MR) is 63.0 cm³/mol. The van der Waals surface area contributed by atoms with Crippen LogP contribution in [0.5, 0.6) is 0 Å². The Kier molecular flexibility index (Phi) is 3.19. The number of nitrogens with two attached hydrogens (primary N) is 2. The maximum atomic E-state index is 12.5. The molecule has 6 heteroatoms. The molecule has 1 fully saturated rings. The third kappa shape index (κ3) is 2.75. The number of benzene rings is 1. The first-order valence-electron chi connectivity index (χ1n) is 5.62. The lowest BCUT2D eigenvalue weighted by atomic mass is 9.76. The highest BCUT2D eigenvalue weighted by molar-refractivity contribution is 5.76. The highest BCUT2D eigenvalue weighted by atomic mass is 19.4. The van der Waals surface area contributed by atoms with E-state index in [2.05, 4.69) is 4.99 Å². The Morgan fingerprint density at radius 3 is 2.44 bits per heavy atom. The van der Waals surface area contributed by atoms with Gasteiger partial charge in [-0.2, -0.15) is 13.2 Å². The molecule has 0 aliphatic heterocycles. The van der Waals surface area contributed by atoms with E-state index in [4.69, 9.17) is 11.5 Å². The molecule has 18 heavy (non-hydrogen) atoms. The van der Waals surface area contributed by atoms with Crippen molar-refractivity contribution in [3.05, 3.63) is 35.4 Å². The molecule has 3 nitrogen and oxygen atoms in total. The fourth-order valence-corrected chi connectivity index (χ4v) is 2.15. The molecule has 0 unspecified atom stereocenters. The average Bonchev–Trinajstić information content (AvgIpc) is 2.21. The van der Waals surface area contributed by atoms with Gasteiger partial charge in [0, 0.05) is 0 Å². The lowest BCUT2D eigenvalue weighted by molar-refractivity contribution is -0.137. The molecule has 4 N–H and O–H groups in total. The zero-order valence-electron chi connectivity index (χ0n) is 9.61. The van der Waals surface area contributed by atoms with Crippen LogP contribution in [0, 0.1) is 0 Å². The van der Waals surface area contributed by atoms with Gasteiger partial charge >= 0.3 is 6.18 Å². The summed E-state index contributed by atoms with van der Waals surface area (Å²) in [5.41, 5.74) is 10.6. The Labute approximate surface area is 103 Å². The maximum absolute atomic E-state index is 12.5. The molecule has 0 amide bonds.